The summed E-state index contributed by atoms with van der Waals surface area (Å²) in [5.74, 6) is 0.798. The van der Waals surface area contributed by atoms with Crippen molar-refractivity contribution in [1.82, 2.24) is 4.98 Å². The van der Waals surface area contributed by atoms with Crippen LogP contribution in [0.15, 0.2) is 22.6 Å². The van der Waals surface area contributed by atoms with Gasteiger partial charge in [-0.3, -0.25) is 4.79 Å². The molecule has 1 aromatic heterocycles. The Bertz CT molecular complexity index is 631. The highest BCUT2D eigenvalue weighted by molar-refractivity contribution is 5.99. The molecule has 0 atom stereocenters. The second-order valence-corrected chi connectivity index (χ2v) is 4.27. The molecule has 0 saturated heterocycles. The van der Waals surface area contributed by atoms with Crippen molar-refractivity contribution in [2.75, 3.05) is 17.7 Å². The van der Waals surface area contributed by atoms with Gasteiger partial charge in [0.05, 0.1) is 6.42 Å². The first-order chi connectivity index (χ1) is 8.67. The maximum atomic E-state index is 11.3. The Morgan fingerprint density at radius 1 is 1.44 bits per heavy atom. The predicted molar refractivity (Wildman–Crippen MR) is 68.6 cm³/mol. The Labute approximate surface area is 104 Å². The summed E-state index contributed by atoms with van der Waals surface area (Å²) in [5, 5.41) is 5.69. The molecule has 3 rings (SSSR count). The van der Waals surface area contributed by atoms with E-state index in [4.69, 9.17) is 4.42 Å². The van der Waals surface area contributed by atoms with E-state index in [1.807, 2.05) is 25.1 Å². The standard InChI is InChI=1S/C13H13N3O2/c1-7-12(16-13(14-2)18-7)8-3-4-10-9(5-8)6-11(17)15-10/h3-5H,6H2,1-2H3,(H,14,16)(H,15,17). The van der Waals surface area contributed by atoms with Crippen LogP contribution in [0.3, 0.4) is 0 Å². The van der Waals surface area contributed by atoms with E-state index in [9.17, 15) is 4.79 Å². The molecule has 0 bridgehead atoms. The maximum absolute atomic E-state index is 11.3. The monoisotopic (exact) mass is 243 g/mol. The summed E-state index contributed by atoms with van der Waals surface area (Å²) < 4.78 is 5.45. The van der Waals surface area contributed by atoms with E-state index in [2.05, 4.69) is 15.6 Å². The number of aryl methyl sites for hydroxylation is 1. The fourth-order valence-corrected chi connectivity index (χ4v) is 2.15. The predicted octanol–water partition coefficient (Wildman–Crippen LogP) is 2.19. The zero-order valence-electron chi connectivity index (χ0n) is 10.2. The van der Waals surface area contributed by atoms with Gasteiger partial charge in [0.2, 0.25) is 5.91 Å². The van der Waals surface area contributed by atoms with Crippen LogP contribution in [-0.4, -0.2) is 17.9 Å². The van der Waals surface area contributed by atoms with Gasteiger partial charge in [0.15, 0.2) is 0 Å². The molecule has 1 aliphatic rings. The number of nitrogens with one attached hydrogen (secondary N) is 2. The molecular formula is C13H13N3O2. The van der Waals surface area contributed by atoms with Gasteiger partial charge in [0.1, 0.15) is 11.5 Å². The van der Waals surface area contributed by atoms with Crippen molar-refractivity contribution < 1.29 is 9.21 Å². The van der Waals surface area contributed by atoms with Crippen molar-refractivity contribution >= 4 is 17.6 Å². The minimum absolute atomic E-state index is 0.0370. The van der Waals surface area contributed by atoms with Crippen LogP contribution in [0.4, 0.5) is 11.7 Å². The smallest absolute Gasteiger partial charge is 0.295 e. The zero-order valence-corrected chi connectivity index (χ0v) is 10.2. The first-order valence-corrected chi connectivity index (χ1v) is 5.75. The van der Waals surface area contributed by atoms with Gasteiger partial charge in [-0.2, -0.15) is 4.98 Å². The number of carbonyl (C=O) groups excluding carboxylic acids is 1. The second kappa shape index (κ2) is 3.87. The number of anilines is 2. The lowest BCUT2D eigenvalue weighted by Gasteiger charge is -2.01. The number of hydrogen-bond donors (Lipinski definition) is 2. The van der Waals surface area contributed by atoms with Crippen LogP contribution in [0.1, 0.15) is 11.3 Å². The first-order valence-electron chi connectivity index (χ1n) is 5.75. The van der Waals surface area contributed by atoms with Gasteiger partial charge in [-0.25, -0.2) is 0 Å². The highest BCUT2D eigenvalue weighted by atomic mass is 16.4. The SMILES string of the molecule is CNc1nc(-c2ccc3c(c2)CC(=O)N3)c(C)o1. The molecule has 0 saturated carbocycles. The van der Waals surface area contributed by atoms with E-state index in [1.165, 1.54) is 0 Å². The molecule has 18 heavy (non-hydrogen) atoms. The Morgan fingerprint density at radius 3 is 3.00 bits per heavy atom. The Morgan fingerprint density at radius 2 is 2.28 bits per heavy atom. The Hall–Kier alpha value is -2.30. The molecule has 1 aliphatic heterocycles. The minimum atomic E-state index is 0.0370. The number of amides is 1. The normalized spacial score (nSPS) is 13.3. The minimum Gasteiger partial charge on any atom is -0.428 e. The highest BCUT2D eigenvalue weighted by Crippen LogP contribution is 2.31. The summed E-state index contributed by atoms with van der Waals surface area (Å²) in [7, 11) is 1.76. The van der Waals surface area contributed by atoms with Gasteiger partial charge < -0.3 is 15.1 Å². The van der Waals surface area contributed by atoms with Crippen molar-refractivity contribution in [3.63, 3.8) is 0 Å². The largest absolute Gasteiger partial charge is 0.428 e. The van der Waals surface area contributed by atoms with Gasteiger partial charge in [-0.15, -0.1) is 0 Å². The number of hydrogen-bond acceptors (Lipinski definition) is 4. The topological polar surface area (TPSA) is 67.2 Å². The molecule has 1 aromatic carbocycles. The number of aromatic nitrogens is 1. The molecule has 2 heterocycles. The van der Waals surface area contributed by atoms with E-state index in [0.717, 1.165) is 28.3 Å². The third kappa shape index (κ3) is 1.64. The zero-order chi connectivity index (χ0) is 12.7. The Balaban J connectivity index is 2.05. The highest BCUT2D eigenvalue weighted by Gasteiger charge is 2.19. The average Bonchev–Trinajstić information content (AvgIpc) is 2.89. The molecule has 0 unspecified atom stereocenters. The Kier molecular flexibility index (Phi) is 2.33. The lowest BCUT2D eigenvalue weighted by Crippen LogP contribution is -2.03. The summed E-state index contributed by atoms with van der Waals surface area (Å²) in [6.07, 6.45) is 0.430. The molecule has 2 N–H and O–H groups in total. The van der Waals surface area contributed by atoms with Crippen molar-refractivity contribution in [1.29, 1.82) is 0 Å². The third-order valence-corrected chi connectivity index (χ3v) is 3.01. The van der Waals surface area contributed by atoms with E-state index in [0.29, 0.717) is 12.4 Å². The van der Waals surface area contributed by atoms with Gasteiger partial charge >= 0.3 is 0 Å². The number of benzene rings is 1. The molecule has 0 fully saturated rings. The number of carbonyl (C=O) groups is 1. The van der Waals surface area contributed by atoms with Gasteiger partial charge in [0, 0.05) is 18.3 Å². The molecule has 0 aliphatic carbocycles. The van der Waals surface area contributed by atoms with Crippen LogP contribution in [-0.2, 0) is 11.2 Å². The summed E-state index contributed by atoms with van der Waals surface area (Å²) in [4.78, 5) is 15.7. The fourth-order valence-electron chi connectivity index (χ4n) is 2.15. The lowest BCUT2D eigenvalue weighted by atomic mass is 10.1. The molecule has 5 heteroatoms. The molecule has 1 amide bonds. The number of oxazole rings is 1. The second-order valence-electron chi connectivity index (χ2n) is 4.27. The van der Waals surface area contributed by atoms with Crippen molar-refractivity contribution in [3.8, 4) is 11.3 Å². The molecule has 2 aromatic rings. The number of rotatable bonds is 2. The molecule has 92 valence electrons. The van der Waals surface area contributed by atoms with Gasteiger partial charge in [-0.05, 0) is 24.6 Å². The number of nitrogens with zero attached hydrogens (tertiary/aromatic N) is 1. The molecule has 0 radical (unpaired) electrons. The van der Waals surface area contributed by atoms with Crippen LogP contribution >= 0.6 is 0 Å². The first kappa shape index (κ1) is 10.8. The molecule has 0 spiro atoms. The van der Waals surface area contributed by atoms with E-state index in [1.54, 1.807) is 7.05 Å². The van der Waals surface area contributed by atoms with Crippen LogP contribution in [0.25, 0.3) is 11.3 Å². The molecule has 5 nitrogen and oxygen atoms in total. The summed E-state index contributed by atoms with van der Waals surface area (Å²) in [5.41, 5.74) is 3.67. The van der Waals surface area contributed by atoms with Gasteiger partial charge in [-0.1, -0.05) is 6.07 Å². The van der Waals surface area contributed by atoms with Crippen LogP contribution in [0.5, 0.6) is 0 Å². The summed E-state index contributed by atoms with van der Waals surface area (Å²) in [6.45, 7) is 1.87. The summed E-state index contributed by atoms with van der Waals surface area (Å²) in [6, 6.07) is 6.33. The number of fused-ring (bicyclic) bond motifs is 1. The van der Waals surface area contributed by atoms with E-state index < -0.39 is 0 Å². The van der Waals surface area contributed by atoms with E-state index in [-0.39, 0.29) is 5.91 Å². The summed E-state index contributed by atoms with van der Waals surface area (Å²) >= 11 is 0. The lowest BCUT2D eigenvalue weighted by molar-refractivity contribution is -0.115. The average molecular weight is 243 g/mol. The quantitative estimate of drug-likeness (QED) is 0.848. The van der Waals surface area contributed by atoms with Crippen LogP contribution in [0.2, 0.25) is 0 Å². The van der Waals surface area contributed by atoms with E-state index >= 15 is 0 Å². The van der Waals surface area contributed by atoms with Crippen molar-refractivity contribution in [2.24, 2.45) is 0 Å². The van der Waals surface area contributed by atoms with Gasteiger partial charge in [0.25, 0.3) is 6.01 Å². The van der Waals surface area contributed by atoms with Crippen LogP contribution in [0, 0.1) is 6.92 Å². The van der Waals surface area contributed by atoms with Crippen molar-refractivity contribution in [3.05, 3.63) is 29.5 Å². The van der Waals surface area contributed by atoms with Crippen LogP contribution < -0.4 is 10.6 Å². The maximum Gasteiger partial charge on any atom is 0.295 e. The third-order valence-electron chi connectivity index (χ3n) is 3.01. The molecular weight excluding hydrogens is 230 g/mol. The fraction of sp³-hybridized carbons (Fsp3) is 0.231. The van der Waals surface area contributed by atoms with Crippen molar-refractivity contribution in [2.45, 2.75) is 13.3 Å².